The molecular weight excluding hydrogens is 474 g/mol. The molecule has 0 saturated carbocycles. The molecule has 7 heteroatoms. The molecule has 4 aromatic rings. The summed E-state index contributed by atoms with van der Waals surface area (Å²) in [5.41, 5.74) is 5.28. The van der Waals surface area contributed by atoms with Crippen molar-refractivity contribution in [3.8, 4) is 34.1 Å². The Morgan fingerprint density at radius 1 is 0.974 bits per heavy atom. The normalized spacial score (nSPS) is 18.4. The number of fused-ring (bicyclic) bond motifs is 3. The molecule has 0 aliphatic carbocycles. The number of rotatable bonds is 5. The van der Waals surface area contributed by atoms with Crippen LogP contribution in [0.2, 0.25) is 0 Å². The smallest absolute Gasteiger partial charge is 0.222 e. The lowest BCUT2D eigenvalue weighted by Crippen LogP contribution is -2.56. The van der Waals surface area contributed by atoms with Gasteiger partial charge in [0.15, 0.2) is 0 Å². The van der Waals surface area contributed by atoms with Gasteiger partial charge in [0.2, 0.25) is 5.91 Å². The summed E-state index contributed by atoms with van der Waals surface area (Å²) in [6.07, 6.45) is 6.43. The number of ether oxygens (including phenoxy) is 1. The fraction of sp³-hybridized carbons (Fsp3) is 0.290. The molecule has 2 saturated heterocycles. The quantitative estimate of drug-likeness (QED) is 0.361. The van der Waals surface area contributed by atoms with Crippen LogP contribution in [0.25, 0.3) is 33.2 Å². The van der Waals surface area contributed by atoms with E-state index in [-0.39, 0.29) is 18.0 Å². The average molecular weight is 504 g/mol. The van der Waals surface area contributed by atoms with Crippen LogP contribution in [0.3, 0.4) is 0 Å². The topological polar surface area (TPSA) is 82.4 Å². The van der Waals surface area contributed by atoms with Crippen molar-refractivity contribution in [1.82, 2.24) is 14.9 Å². The van der Waals surface area contributed by atoms with Crippen molar-refractivity contribution in [3.05, 3.63) is 72.6 Å². The number of methoxy groups -OCH3 is 1. The summed E-state index contributed by atoms with van der Waals surface area (Å²) in [5, 5.41) is 10.1. The number of hydrogen-bond donors (Lipinski definition) is 0. The van der Waals surface area contributed by atoms with Crippen molar-refractivity contribution in [2.75, 3.05) is 25.1 Å². The minimum absolute atomic E-state index is 0.263. The van der Waals surface area contributed by atoms with Gasteiger partial charge in [-0.2, -0.15) is 5.26 Å². The van der Waals surface area contributed by atoms with Gasteiger partial charge in [-0.3, -0.25) is 9.78 Å². The van der Waals surface area contributed by atoms with Crippen molar-refractivity contribution in [2.45, 2.75) is 38.3 Å². The van der Waals surface area contributed by atoms with Crippen molar-refractivity contribution >= 4 is 22.6 Å². The Hall–Kier alpha value is -4.44. The number of carbonyl (C=O) groups is 1. The summed E-state index contributed by atoms with van der Waals surface area (Å²) in [4.78, 5) is 26.5. The molecule has 2 aliphatic rings. The Kier molecular flexibility index (Phi) is 6.16. The van der Waals surface area contributed by atoms with Gasteiger partial charge in [-0.15, -0.1) is 0 Å². The first-order valence-electron chi connectivity index (χ1n) is 13.1. The Bertz CT molecular complexity index is 1530. The van der Waals surface area contributed by atoms with Gasteiger partial charge in [-0.25, -0.2) is 4.98 Å². The molecule has 1 amide bonds. The first-order valence-corrected chi connectivity index (χ1v) is 13.1. The molecule has 2 bridgehead atoms. The monoisotopic (exact) mass is 503 g/mol. The third-order valence-corrected chi connectivity index (χ3v) is 7.83. The molecule has 2 aromatic carbocycles. The fourth-order valence-corrected chi connectivity index (χ4v) is 5.99. The number of anilines is 1. The molecule has 7 nitrogen and oxygen atoms in total. The van der Waals surface area contributed by atoms with E-state index in [9.17, 15) is 4.79 Å². The number of hydrogen-bond acceptors (Lipinski definition) is 6. The molecule has 0 spiro atoms. The van der Waals surface area contributed by atoms with Crippen molar-refractivity contribution in [1.29, 1.82) is 5.26 Å². The molecule has 2 fully saturated rings. The maximum absolute atomic E-state index is 12.4. The van der Waals surface area contributed by atoms with Gasteiger partial charge in [-0.1, -0.05) is 31.2 Å². The second-order valence-electron chi connectivity index (χ2n) is 9.95. The van der Waals surface area contributed by atoms with Crippen LogP contribution < -0.4 is 9.64 Å². The summed E-state index contributed by atoms with van der Waals surface area (Å²) < 4.78 is 5.91. The molecule has 2 aliphatic heterocycles. The van der Waals surface area contributed by atoms with Gasteiger partial charge in [0.1, 0.15) is 11.6 Å². The Morgan fingerprint density at radius 3 is 2.34 bits per heavy atom. The van der Waals surface area contributed by atoms with E-state index in [1.165, 1.54) is 0 Å². The fourth-order valence-electron chi connectivity index (χ4n) is 5.99. The molecule has 4 heterocycles. The molecule has 0 radical (unpaired) electrons. The van der Waals surface area contributed by atoms with Crippen LogP contribution in [-0.2, 0) is 4.79 Å². The number of piperazine rings is 1. The Labute approximate surface area is 222 Å². The Balaban J connectivity index is 1.30. The summed E-state index contributed by atoms with van der Waals surface area (Å²) in [5.74, 6) is 1.95. The second kappa shape index (κ2) is 9.79. The van der Waals surface area contributed by atoms with Crippen LogP contribution in [0, 0.1) is 11.3 Å². The lowest BCUT2D eigenvalue weighted by atomic mass is 9.98. The lowest BCUT2D eigenvalue weighted by molar-refractivity contribution is -0.134. The van der Waals surface area contributed by atoms with Crippen LogP contribution in [0.15, 0.2) is 67.0 Å². The first kappa shape index (κ1) is 23.9. The number of nitriles is 1. The molecule has 6 rings (SSSR count). The number of benzene rings is 2. The molecule has 190 valence electrons. The van der Waals surface area contributed by atoms with E-state index in [0.717, 1.165) is 70.7 Å². The van der Waals surface area contributed by atoms with E-state index in [1.54, 1.807) is 7.11 Å². The zero-order valence-electron chi connectivity index (χ0n) is 21.6. The minimum atomic E-state index is 0.263. The van der Waals surface area contributed by atoms with E-state index in [4.69, 9.17) is 20.0 Å². The Morgan fingerprint density at radius 2 is 1.71 bits per heavy atom. The summed E-state index contributed by atoms with van der Waals surface area (Å²) in [6.45, 7) is 3.60. The maximum atomic E-state index is 12.4. The van der Waals surface area contributed by atoms with Crippen LogP contribution in [0.4, 0.5) is 5.82 Å². The highest BCUT2D eigenvalue weighted by atomic mass is 16.5. The zero-order chi connectivity index (χ0) is 26.2. The van der Waals surface area contributed by atoms with Crippen molar-refractivity contribution in [3.63, 3.8) is 0 Å². The van der Waals surface area contributed by atoms with Crippen LogP contribution in [0.5, 0.6) is 5.75 Å². The van der Waals surface area contributed by atoms with Crippen LogP contribution >= 0.6 is 0 Å². The predicted octanol–water partition coefficient (Wildman–Crippen LogP) is 5.43. The highest BCUT2D eigenvalue weighted by molar-refractivity contribution is 6.00. The highest BCUT2D eigenvalue weighted by Crippen LogP contribution is 2.39. The van der Waals surface area contributed by atoms with Crippen molar-refractivity contribution in [2.24, 2.45) is 0 Å². The van der Waals surface area contributed by atoms with Crippen molar-refractivity contribution < 1.29 is 9.53 Å². The minimum Gasteiger partial charge on any atom is -0.495 e. The zero-order valence-corrected chi connectivity index (χ0v) is 21.6. The number of para-hydroxylation sites is 1. The van der Waals surface area contributed by atoms with Gasteiger partial charge in [0, 0.05) is 66.1 Å². The second-order valence-corrected chi connectivity index (χ2v) is 9.95. The molecule has 2 unspecified atom stereocenters. The van der Waals surface area contributed by atoms with E-state index in [2.05, 4.69) is 28.0 Å². The van der Waals surface area contributed by atoms with E-state index >= 15 is 0 Å². The predicted molar refractivity (Wildman–Crippen MR) is 148 cm³/mol. The van der Waals surface area contributed by atoms with E-state index in [0.29, 0.717) is 12.0 Å². The molecule has 0 N–H and O–H groups in total. The van der Waals surface area contributed by atoms with Crippen LogP contribution in [-0.4, -0.2) is 53.1 Å². The van der Waals surface area contributed by atoms with Crippen LogP contribution in [0.1, 0.15) is 31.7 Å². The number of pyridine rings is 2. The summed E-state index contributed by atoms with van der Waals surface area (Å²) >= 11 is 0. The average Bonchev–Trinajstić information content (AvgIpc) is 3.24. The largest absolute Gasteiger partial charge is 0.495 e. The standard InChI is InChI=1S/C31H29N5O2/c1-3-29(37)36-23-12-13-24(36)19-35(18-23)28-14-11-22(16-33-28)27-17-34-30-25(5-4-6-26(30)31(27)38-2)21-9-7-20(15-32)8-10-21/h4-11,14,16-17,23-24H,3,12-13,18-19H2,1-2H3. The van der Waals surface area contributed by atoms with Gasteiger partial charge in [0.25, 0.3) is 0 Å². The number of carbonyl (C=O) groups excluding carboxylic acids is 1. The van der Waals surface area contributed by atoms with Gasteiger partial charge in [-0.05, 0) is 48.7 Å². The maximum Gasteiger partial charge on any atom is 0.222 e. The molecular formula is C31H29N5O2. The SMILES string of the molecule is CCC(=O)N1C2CCC1CN(c1ccc(-c3cnc4c(-c5ccc(C#N)cc5)cccc4c3OC)cn1)C2. The molecule has 38 heavy (non-hydrogen) atoms. The number of amides is 1. The molecule has 2 aromatic heterocycles. The third-order valence-electron chi connectivity index (χ3n) is 7.83. The summed E-state index contributed by atoms with van der Waals surface area (Å²) in [6, 6.07) is 20.4. The first-order chi connectivity index (χ1) is 18.6. The summed E-state index contributed by atoms with van der Waals surface area (Å²) in [7, 11) is 1.68. The number of aromatic nitrogens is 2. The lowest BCUT2D eigenvalue weighted by Gasteiger charge is -2.41. The van der Waals surface area contributed by atoms with Gasteiger partial charge >= 0.3 is 0 Å². The van der Waals surface area contributed by atoms with E-state index in [1.807, 2.05) is 61.8 Å². The third kappa shape index (κ3) is 4.03. The van der Waals surface area contributed by atoms with Gasteiger partial charge in [0.05, 0.1) is 24.3 Å². The van der Waals surface area contributed by atoms with Gasteiger partial charge < -0.3 is 14.5 Å². The van der Waals surface area contributed by atoms with E-state index < -0.39 is 0 Å². The highest BCUT2D eigenvalue weighted by Gasteiger charge is 2.42. The molecule has 2 atom stereocenters. The number of nitrogens with zero attached hydrogens (tertiary/aromatic N) is 5.